The maximum Gasteiger partial charge on any atom is 0.327 e. The summed E-state index contributed by atoms with van der Waals surface area (Å²) >= 11 is 0. The summed E-state index contributed by atoms with van der Waals surface area (Å²) in [5.74, 6) is -3.10. The van der Waals surface area contributed by atoms with Crippen molar-refractivity contribution in [2.75, 3.05) is 0 Å². The molecule has 0 saturated carbocycles. The first kappa shape index (κ1) is 15.9. The molecule has 0 rings (SSSR count). The van der Waals surface area contributed by atoms with Gasteiger partial charge in [-0.3, -0.25) is 14.5 Å². The largest absolute Gasteiger partial charge is 0.481 e. The molecule has 18 heavy (non-hydrogen) atoms. The van der Waals surface area contributed by atoms with Crippen molar-refractivity contribution in [2.24, 2.45) is 5.73 Å². The van der Waals surface area contributed by atoms with E-state index >= 15 is 0 Å². The normalized spacial score (nSPS) is 13.2. The molecule has 0 radical (unpaired) electrons. The fourth-order valence-corrected chi connectivity index (χ4v) is 1.33. The van der Waals surface area contributed by atoms with Gasteiger partial charge in [-0.1, -0.05) is 6.42 Å². The maximum atomic E-state index is 11.7. The molecule has 0 aliphatic heterocycles. The number of terminal acetylenes is 1. The molecule has 0 aromatic heterocycles. The Morgan fingerprint density at radius 3 is 2.28 bits per heavy atom. The van der Waals surface area contributed by atoms with Gasteiger partial charge in [0, 0.05) is 24.9 Å². The van der Waals surface area contributed by atoms with Gasteiger partial charge in [-0.2, -0.15) is 0 Å². The second kappa shape index (κ2) is 7.29. The fraction of sp³-hybridized carbons (Fsp3) is 0.545. The molecular formula is C11H16N2O5. The number of carbonyl (C=O) groups is 3. The van der Waals surface area contributed by atoms with Gasteiger partial charge in [0.15, 0.2) is 0 Å². The van der Waals surface area contributed by atoms with Gasteiger partial charge in [0.2, 0.25) is 5.91 Å². The minimum atomic E-state index is -1.35. The monoisotopic (exact) mass is 256 g/mol. The Labute approximate surface area is 105 Å². The molecule has 4 N–H and O–H groups in total. The average Bonchev–Trinajstić information content (AvgIpc) is 2.21. The summed E-state index contributed by atoms with van der Waals surface area (Å²) in [6.07, 6.45) is 4.36. The van der Waals surface area contributed by atoms with E-state index in [1.807, 2.05) is 6.04 Å². The molecule has 0 saturated heterocycles. The summed E-state index contributed by atoms with van der Waals surface area (Å²) in [4.78, 5) is 33.8. The van der Waals surface area contributed by atoms with E-state index < -0.39 is 29.9 Å². The number of carbonyl (C=O) groups excluding carboxylic acids is 1. The van der Waals surface area contributed by atoms with Crippen molar-refractivity contribution < 1.29 is 24.6 Å². The van der Waals surface area contributed by atoms with Crippen molar-refractivity contribution in [1.29, 1.82) is 0 Å². The molecule has 0 heterocycles. The molecular weight excluding hydrogens is 240 g/mol. The highest BCUT2D eigenvalue weighted by molar-refractivity contribution is 5.85. The number of amides is 1. The lowest BCUT2D eigenvalue weighted by atomic mass is 10.1. The minimum Gasteiger partial charge on any atom is -0.481 e. The highest BCUT2D eigenvalue weighted by Gasteiger charge is 2.29. The summed E-state index contributed by atoms with van der Waals surface area (Å²) in [5, 5.41) is 17.5. The van der Waals surface area contributed by atoms with Gasteiger partial charge >= 0.3 is 11.9 Å². The van der Waals surface area contributed by atoms with E-state index in [1.54, 1.807) is 6.92 Å². The van der Waals surface area contributed by atoms with Gasteiger partial charge in [0.25, 0.3) is 0 Å². The number of hydrogen-bond acceptors (Lipinski definition) is 4. The second-order valence-electron chi connectivity index (χ2n) is 3.86. The smallest absolute Gasteiger partial charge is 0.327 e. The van der Waals surface area contributed by atoms with Crippen LogP contribution in [0.5, 0.6) is 0 Å². The minimum absolute atomic E-state index is 0.0962. The molecule has 2 atom stereocenters. The zero-order valence-corrected chi connectivity index (χ0v) is 10.00. The van der Waals surface area contributed by atoms with Crippen LogP contribution >= 0.6 is 0 Å². The van der Waals surface area contributed by atoms with Crippen molar-refractivity contribution in [3.05, 3.63) is 0 Å². The topological polar surface area (TPSA) is 121 Å². The molecule has 1 unspecified atom stereocenters. The average molecular weight is 256 g/mol. The number of hydrogen-bond donors (Lipinski definition) is 3. The van der Waals surface area contributed by atoms with E-state index in [4.69, 9.17) is 22.4 Å². The summed E-state index contributed by atoms with van der Waals surface area (Å²) in [6.45, 7) is 1.58. The summed E-state index contributed by atoms with van der Waals surface area (Å²) in [6, 6.07) is 0.161. The summed E-state index contributed by atoms with van der Waals surface area (Å²) in [7, 11) is 0. The zero-order chi connectivity index (χ0) is 14.3. The molecule has 0 fully saturated rings. The van der Waals surface area contributed by atoms with Gasteiger partial charge < -0.3 is 15.9 Å². The molecule has 0 aliphatic rings. The van der Waals surface area contributed by atoms with Crippen LogP contribution in [0.25, 0.3) is 0 Å². The van der Waals surface area contributed by atoms with Crippen molar-refractivity contribution >= 4 is 17.8 Å². The number of nitrogens with zero attached hydrogens (tertiary/aromatic N) is 1. The lowest BCUT2D eigenvalue weighted by Crippen LogP contribution is -2.43. The third-order valence-electron chi connectivity index (χ3n) is 2.13. The summed E-state index contributed by atoms with van der Waals surface area (Å²) in [5.41, 5.74) is 5.43. The lowest BCUT2D eigenvalue weighted by Gasteiger charge is -2.23. The number of aliphatic carboxylic acids is 2. The SMILES string of the molecule is C#CN(C(=O)CC(C)N)[C@@H](CCC(=O)O)C(=O)O. The molecule has 7 nitrogen and oxygen atoms in total. The van der Waals surface area contributed by atoms with Crippen LogP contribution in [-0.2, 0) is 14.4 Å². The molecule has 0 spiro atoms. The number of carboxylic acid groups (broad SMARTS) is 2. The second-order valence-corrected chi connectivity index (χ2v) is 3.86. The third kappa shape index (κ3) is 5.32. The Balaban J connectivity index is 4.83. The molecule has 0 aromatic rings. The number of rotatable bonds is 7. The van der Waals surface area contributed by atoms with Crippen molar-refractivity contribution in [2.45, 2.75) is 38.3 Å². The Hall–Kier alpha value is -2.07. The van der Waals surface area contributed by atoms with E-state index in [-0.39, 0.29) is 19.3 Å². The molecule has 7 heteroatoms. The van der Waals surface area contributed by atoms with Gasteiger partial charge in [-0.25, -0.2) is 4.79 Å². The van der Waals surface area contributed by atoms with Gasteiger partial charge in [0.05, 0.1) is 0 Å². The first-order chi connectivity index (χ1) is 8.29. The van der Waals surface area contributed by atoms with E-state index in [1.165, 1.54) is 0 Å². The highest BCUT2D eigenvalue weighted by Crippen LogP contribution is 2.09. The Morgan fingerprint density at radius 1 is 1.39 bits per heavy atom. The molecule has 1 amide bonds. The first-order valence-electron chi connectivity index (χ1n) is 5.28. The lowest BCUT2D eigenvalue weighted by molar-refractivity contribution is -0.148. The molecule has 0 bridgehead atoms. The van der Waals surface area contributed by atoms with Crippen molar-refractivity contribution in [3.63, 3.8) is 0 Å². The first-order valence-corrected chi connectivity index (χ1v) is 5.28. The fourth-order valence-electron chi connectivity index (χ4n) is 1.33. The van der Waals surface area contributed by atoms with Crippen LogP contribution in [0, 0.1) is 12.5 Å². The van der Waals surface area contributed by atoms with Crippen LogP contribution in [0.2, 0.25) is 0 Å². The Morgan fingerprint density at radius 2 is 1.94 bits per heavy atom. The standard InChI is InChI=1S/C11H16N2O5/c1-3-13(9(14)6-7(2)12)8(11(17)18)4-5-10(15)16/h1,7-8H,4-6,12H2,2H3,(H,15,16)(H,17,18)/t7?,8-/m0/s1. The maximum absolute atomic E-state index is 11.7. The molecule has 0 aromatic carbocycles. The predicted molar refractivity (Wildman–Crippen MR) is 62.2 cm³/mol. The van der Waals surface area contributed by atoms with Crippen LogP contribution in [0.15, 0.2) is 0 Å². The van der Waals surface area contributed by atoms with Crippen molar-refractivity contribution in [1.82, 2.24) is 4.90 Å². The van der Waals surface area contributed by atoms with E-state index in [9.17, 15) is 14.4 Å². The Kier molecular flexibility index (Phi) is 6.45. The van der Waals surface area contributed by atoms with Crippen LogP contribution in [0.4, 0.5) is 0 Å². The van der Waals surface area contributed by atoms with Gasteiger partial charge in [-0.15, -0.1) is 0 Å². The van der Waals surface area contributed by atoms with Crippen LogP contribution in [0.3, 0.4) is 0 Å². The van der Waals surface area contributed by atoms with E-state index in [2.05, 4.69) is 0 Å². The van der Waals surface area contributed by atoms with Gasteiger partial charge in [0.1, 0.15) is 6.04 Å². The zero-order valence-electron chi connectivity index (χ0n) is 10.00. The quantitative estimate of drug-likeness (QED) is 0.415. The van der Waals surface area contributed by atoms with Crippen LogP contribution in [0.1, 0.15) is 26.2 Å². The molecule has 100 valence electrons. The van der Waals surface area contributed by atoms with Gasteiger partial charge in [-0.05, 0) is 13.3 Å². The van der Waals surface area contributed by atoms with Crippen molar-refractivity contribution in [3.8, 4) is 12.5 Å². The number of carboxylic acids is 2. The van der Waals surface area contributed by atoms with Crippen LogP contribution in [-0.4, -0.2) is 45.0 Å². The third-order valence-corrected chi connectivity index (χ3v) is 2.13. The highest BCUT2D eigenvalue weighted by atomic mass is 16.4. The Bertz CT molecular complexity index is 372. The summed E-state index contributed by atoms with van der Waals surface area (Å²) < 4.78 is 0. The van der Waals surface area contributed by atoms with E-state index in [0.717, 1.165) is 0 Å². The molecule has 0 aliphatic carbocycles. The predicted octanol–water partition coefficient (Wildman–Crippen LogP) is -0.539. The van der Waals surface area contributed by atoms with Crippen LogP contribution < -0.4 is 5.73 Å². The number of nitrogens with two attached hydrogens (primary N) is 1. The van der Waals surface area contributed by atoms with E-state index in [0.29, 0.717) is 4.90 Å².